The number of hydrogen-bond donors (Lipinski definition) is 0. The van der Waals surface area contributed by atoms with Gasteiger partial charge in [-0.3, -0.25) is 0 Å². The molecule has 51 heavy (non-hydrogen) atoms. The summed E-state index contributed by atoms with van der Waals surface area (Å²) >= 11 is 0. The molecule has 0 aliphatic heterocycles. The van der Waals surface area contributed by atoms with Gasteiger partial charge in [0.25, 0.3) is 0 Å². The Morgan fingerprint density at radius 1 is 0.490 bits per heavy atom. The van der Waals surface area contributed by atoms with Gasteiger partial charge in [-0.15, -0.1) is 0 Å². The number of rotatable bonds is 14. The van der Waals surface area contributed by atoms with E-state index in [1.54, 1.807) is 12.1 Å². The van der Waals surface area contributed by atoms with E-state index in [0.29, 0.717) is 23.0 Å². The average Bonchev–Trinajstić information content (AvgIpc) is 3.15. The van der Waals surface area contributed by atoms with Crippen LogP contribution in [0.25, 0.3) is 0 Å². The van der Waals surface area contributed by atoms with Crippen LogP contribution >= 0.6 is 0 Å². The predicted molar refractivity (Wildman–Crippen MR) is 200 cm³/mol. The predicted octanol–water partition coefficient (Wildman–Crippen LogP) is 14.6. The molecule has 4 aliphatic rings. The Bertz CT molecular complexity index is 1230. The van der Waals surface area contributed by atoms with E-state index in [-0.39, 0.29) is 11.8 Å². The standard InChI is InChI=1S/C46H66F4O/c1-3-5-7-31-9-13-33(14-10-31)35-17-21-37(22-18-35)45(41-27-25-39(47)29-43(41)49)51-46(42-28-26-40(48)30-44(42)50)38-23-19-36(20-24-38)34-15-11-32(12-16-34)8-6-4-2/h25-38,45-46H,3-24H2,1-2H3/t31-,32-,33-,34-,35-,36-,37-,38-,45?,46?. The molecular weight excluding hydrogens is 644 g/mol. The molecule has 2 aromatic rings. The summed E-state index contributed by atoms with van der Waals surface area (Å²) in [6, 6.07) is 7.67. The van der Waals surface area contributed by atoms with Gasteiger partial charge in [0, 0.05) is 23.3 Å². The maximum Gasteiger partial charge on any atom is 0.131 e. The highest BCUT2D eigenvalue weighted by molar-refractivity contribution is 5.25. The van der Waals surface area contributed by atoms with E-state index in [2.05, 4.69) is 13.8 Å². The summed E-state index contributed by atoms with van der Waals surface area (Å²) in [4.78, 5) is 0. The Morgan fingerprint density at radius 3 is 1.14 bits per heavy atom. The van der Waals surface area contributed by atoms with Gasteiger partial charge in [-0.25, -0.2) is 17.6 Å². The normalized spacial score (nSPS) is 31.6. The molecule has 1 nitrogen and oxygen atoms in total. The number of hydrogen-bond acceptors (Lipinski definition) is 1. The van der Waals surface area contributed by atoms with Crippen molar-refractivity contribution < 1.29 is 22.3 Å². The molecule has 0 saturated heterocycles. The molecule has 0 aromatic heterocycles. The quantitative estimate of drug-likeness (QED) is 0.177. The molecule has 0 N–H and O–H groups in total. The smallest absolute Gasteiger partial charge is 0.131 e. The van der Waals surface area contributed by atoms with E-state index in [1.165, 1.54) is 102 Å². The Kier molecular flexibility index (Phi) is 14.4. The van der Waals surface area contributed by atoms with Crippen LogP contribution in [-0.2, 0) is 4.74 Å². The van der Waals surface area contributed by atoms with Crippen LogP contribution in [0, 0.1) is 70.6 Å². The Morgan fingerprint density at radius 2 is 0.824 bits per heavy atom. The first kappa shape index (κ1) is 38.8. The highest BCUT2D eigenvalue weighted by Gasteiger charge is 2.40. The van der Waals surface area contributed by atoms with Crippen molar-refractivity contribution in [2.24, 2.45) is 47.3 Å². The highest BCUT2D eigenvalue weighted by Crippen LogP contribution is 2.51. The van der Waals surface area contributed by atoms with Crippen molar-refractivity contribution in [1.29, 1.82) is 0 Å². The monoisotopic (exact) mass is 711 g/mol. The molecule has 6 rings (SSSR count). The number of benzene rings is 2. The Labute approximate surface area is 307 Å². The molecule has 0 bridgehead atoms. The van der Waals surface area contributed by atoms with Gasteiger partial charge in [-0.2, -0.15) is 0 Å². The van der Waals surface area contributed by atoms with Crippen LogP contribution in [-0.4, -0.2) is 0 Å². The van der Waals surface area contributed by atoms with E-state index in [9.17, 15) is 8.78 Å². The maximum atomic E-state index is 15.7. The lowest BCUT2D eigenvalue weighted by Gasteiger charge is -2.43. The van der Waals surface area contributed by atoms with Crippen molar-refractivity contribution in [3.8, 4) is 0 Å². The third kappa shape index (κ3) is 10.2. The maximum absolute atomic E-state index is 15.7. The minimum Gasteiger partial charge on any atom is -0.365 e. The van der Waals surface area contributed by atoms with Crippen molar-refractivity contribution in [1.82, 2.24) is 0 Å². The second-order valence-corrected chi connectivity index (χ2v) is 17.5. The van der Waals surface area contributed by atoms with E-state index in [1.807, 2.05) is 0 Å². The summed E-state index contributed by atoms with van der Waals surface area (Å²) < 4.78 is 66.9. The van der Waals surface area contributed by atoms with Crippen molar-refractivity contribution in [2.75, 3.05) is 0 Å². The first-order valence-electron chi connectivity index (χ1n) is 21.4. The van der Waals surface area contributed by atoms with Gasteiger partial charge in [0.15, 0.2) is 0 Å². The summed E-state index contributed by atoms with van der Waals surface area (Å²) in [5, 5.41) is 0. The van der Waals surface area contributed by atoms with E-state index >= 15 is 8.78 Å². The summed E-state index contributed by atoms with van der Waals surface area (Å²) in [6.07, 6.45) is 25.5. The lowest BCUT2D eigenvalue weighted by molar-refractivity contribution is -0.0959. The van der Waals surface area contributed by atoms with Crippen molar-refractivity contribution in [3.63, 3.8) is 0 Å². The largest absolute Gasteiger partial charge is 0.365 e. The zero-order chi connectivity index (χ0) is 35.7. The number of ether oxygens (including phenoxy) is 1. The topological polar surface area (TPSA) is 9.23 Å². The van der Waals surface area contributed by atoms with Crippen LogP contribution in [0.3, 0.4) is 0 Å². The lowest BCUT2D eigenvalue weighted by atomic mass is 9.67. The van der Waals surface area contributed by atoms with E-state index in [4.69, 9.17) is 4.74 Å². The zero-order valence-electron chi connectivity index (χ0n) is 31.7. The van der Waals surface area contributed by atoms with Gasteiger partial charge in [0.2, 0.25) is 0 Å². The molecule has 4 aliphatic carbocycles. The molecule has 4 fully saturated rings. The first-order chi connectivity index (χ1) is 24.8. The number of halogens is 4. The van der Waals surface area contributed by atoms with Crippen molar-refractivity contribution >= 4 is 0 Å². The second kappa shape index (κ2) is 18.9. The molecule has 0 spiro atoms. The van der Waals surface area contributed by atoms with Crippen LogP contribution in [0.2, 0.25) is 0 Å². The molecule has 0 amide bonds. The van der Waals surface area contributed by atoms with Crippen molar-refractivity contribution in [2.45, 2.75) is 167 Å². The van der Waals surface area contributed by atoms with Crippen LogP contribution in [0.15, 0.2) is 36.4 Å². The molecule has 5 heteroatoms. The van der Waals surface area contributed by atoms with Crippen LogP contribution in [0.5, 0.6) is 0 Å². The fraction of sp³-hybridized carbons (Fsp3) is 0.739. The molecule has 4 saturated carbocycles. The average molecular weight is 711 g/mol. The van der Waals surface area contributed by atoms with Crippen LogP contribution < -0.4 is 0 Å². The van der Waals surface area contributed by atoms with Gasteiger partial charge in [-0.05, 0) is 137 Å². The summed E-state index contributed by atoms with van der Waals surface area (Å²) in [6.45, 7) is 4.56. The Hall–Kier alpha value is -1.88. The highest BCUT2D eigenvalue weighted by atomic mass is 19.1. The number of unbranched alkanes of at least 4 members (excludes halogenated alkanes) is 2. The molecule has 0 radical (unpaired) electrons. The van der Waals surface area contributed by atoms with Gasteiger partial charge in [-0.1, -0.05) is 90.2 Å². The van der Waals surface area contributed by atoms with E-state index in [0.717, 1.165) is 87.2 Å². The Balaban J connectivity index is 1.16. The van der Waals surface area contributed by atoms with Gasteiger partial charge in [0.05, 0.1) is 12.2 Å². The minimum absolute atomic E-state index is 0.0624. The first-order valence-corrected chi connectivity index (χ1v) is 21.4. The van der Waals surface area contributed by atoms with Crippen molar-refractivity contribution in [3.05, 3.63) is 70.8 Å². The van der Waals surface area contributed by atoms with E-state index < -0.39 is 35.5 Å². The molecule has 0 heterocycles. The summed E-state index contributed by atoms with van der Waals surface area (Å²) in [7, 11) is 0. The minimum atomic E-state index is -0.609. The van der Waals surface area contributed by atoms with Crippen LogP contribution in [0.4, 0.5) is 17.6 Å². The fourth-order valence-corrected chi connectivity index (χ4v) is 11.2. The summed E-state index contributed by atoms with van der Waals surface area (Å²) in [5.41, 5.74) is 0.745. The van der Waals surface area contributed by atoms with Gasteiger partial charge < -0.3 is 4.74 Å². The van der Waals surface area contributed by atoms with Crippen LogP contribution in [0.1, 0.15) is 178 Å². The molecular formula is C46H66F4O. The third-order valence-corrected chi connectivity index (χ3v) is 14.4. The SMILES string of the molecule is CCCC[C@H]1CC[C@H]([C@H]2CC[C@H](C(OC(c3ccc(F)cc3F)[C@H]3CC[C@H]([C@H]4CC[C@H](CCCC)CC4)CC3)c3ccc(F)cc3F)CC2)CC1. The molecule has 2 unspecified atom stereocenters. The third-order valence-electron chi connectivity index (χ3n) is 14.4. The molecule has 2 atom stereocenters. The molecule has 284 valence electrons. The lowest BCUT2D eigenvalue weighted by Crippen LogP contribution is -2.32. The molecule has 2 aromatic carbocycles. The van der Waals surface area contributed by atoms with Gasteiger partial charge in [0.1, 0.15) is 23.3 Å². The fourth-order valence-electron chi connectivity index (χ4n) is 11.2. The van der Waals surface area contributed by atoms with Gasteiger partial charge >= 0.3 is 0 Å². The zero-order valence-corrected chi connectivity index (χ0v) is 31.7. The summed E-state index contributed by atoms with van der Waals surface area (Å²) in [5.74, 6) is 2.43. The second-order valence-electron chi connectivity index (χ2n) is 17.5.